The summed E-state index contributed by atoms with van der Waals surface area (Å²) in [6, 6.07) is -0.0760. The molecule has 1 fully saturated rings. The van der Waals surface area contributed by atoms with Gasteiger partial charge in [-0.25, -0.2) is 0 Å². The third-order valence-corrected chi connectivity index (χ3v) is 2.15. The van der Waals surface area contributed by atoms with Gasteiger partial charge in [-0.15, -0.1) is 12.4 Å². The van der Waals surface area contributed by atoms with Crippen molar-refractivity contribution in [2.24, 2.45) is 11.7 Å². The Morgan fingerprint density at radius 3 is 2.38 bits per heavy atom. The first kappa shape index (κ1) is 12.7. The molecule has 4 nitrogen and oxygen atoms in total. The molecule has 13 heavy (non-hydrogen) atoms. The Morgan fingerprint density at radius 1 is 1.54 bits per heavy atom. The van der Waals surface area contributed by atoms with E-state index in [1.54, 1.807) is 0 Å². The summed E-state index contributed by atoms with van der Waals surface area (Å²) in [5, 5.41) is 5.95. The second-order valence-corrected chi connectivity index (χ2v) is 3.63. The number of carbonyl (C=O) groups excluding carboxylic acids is 1. The van der Waals surface area contributed by atoms with Gasteiger partial charge in [-0.3, -0.25) is 4.79 Å². The summed E-state index contributed by atoms with van der Waals surface area (Å²) >= 11 is 0. The highest BCUT2D eigenvalue weighted by atomic mass is 35.5. The van der Waals surface area contributed by atoms with Crippen molar-refractivity contribution in [3.05, 3.63) is 0 Å². The molecular formula is C8H18ClN3O. The number of amides is 1. The first-order valence-corrected chi connectivity index (χ1v) is 4.38. The molecule has 0 saturated carbocycles. The van der Waals surface area contributed by atoms with E-state index in [1.165, 1.54) is 0 Å². The maximum Gasteiger partial charge on any atom is 0.237 e. The van der Waals surface area contributed by atoms with Crippen LogP contribution < -0.4 is 16.4 Å². The van der Waals surface area contributed by atoms with Gasteiger partial charge in [-0.2, -0.15) is 0 Å². The normalized spacial score (nSPS) is 18.8. The van der Waals surface area contributed by atoms with Crippen LogP contribution >= 0.6 is 12.4 Å². The van der Waals surface area contributed by atoms with Crippen LogP contribution in [0.15, 0.2) is 0 Å². The van der Waals surface area contributed by atoms with Crippen LogP contribution in [0.4, 0.5) is 0 Å². The van der Waals surface area contributed by atoms with Gasteiger partial charge in [-0.1, -0.05) is 13.8 Å². The summed E-state index contributed by atoms with van der Waals surface area (Å²) in [5.74, 6) is 0.175. The number of halogens is 1. The predicted molar refractivity (Wildman–Crippen MR) is 54.9 cm³/mol. The highest BCUT2D eigenvalue weighted by Gasteiger charge is 2.23. The van der Waals surface area contributed by atoms with Crippen LogP contribution in [0.5, 0.6) is 0 Å². The first-order chi connectivity index (χ1) is 5.61. The lowest BCUT2D eigenvalue weighted by Crippen LogP contribution is -2.60. The SMILES string of the molecule is CC(C)C(N)C(=O)NC1CNC1.Cl. The number of carbonyl (C=O) groups is 1. The molecule has 0 bridgehead atoms. The fourth-order valence-corrected chi connectivity index (χ4v) is 0.991. The van der Waals surface area contributed by atoms with Crippen LogP contribution in [-0.4, -0.2) is 31.1 Å². The number of rotatable bonds is 3. The van der Waals surface area contributed by atoms with Crippen molar-refractivity contribution in [2.45, 2.75) is 25.9 Å². The number of nitrogens with two attached hydrogens (primary N) is 1. The highest BCUT2D eigenvalue weighted by molar-refractivity contribution is 5.85. The van der Waals surface area contributed by atoms with Gasteiger partial charge in [0.15, 0.2) is 0 Å². The zero-order valence-corrected chi connectivity index (χ0v) is 8.86. The number of hydrogen-bond acceptors (Lipinski definition) is 3. The van der Waals surface area contributed by atoms with Crippen LogP contribution in [0.2, 0.25) is 0 Å². The Labute approximate surface area is 85.0 Å². The van der Waals surface area contributed by atoms with E-state index < -0.39 is 0 Å². The van der Waals surface area contributed by atoms with Crippen LogP contribution in [0.3, 0.4) is 0 Å². The van der Waals surface area contributed by atoms with Gasteiger partial charge in [0.1, 0.15) is 0 Å². The van der Waals surface area contributed by atoms with Gasteiger partial charge in [0.2, 0.25) is 5.91 Å². The third kappa shape index (κ3) is 3.50. The van der Waals surface area contributed by atoms with Crippen LogP contribution in [0.25, 0.3) is 0 Å². The Morgan fingerprint density at radius 2 is 2.08 bits per heavy atom. The quantitative estimate of drug-likeness (QED) is 0.584. The smallest absolute Gasteiger partial charge is 0.237 e. The molecule has 1 amide bonds. The maximum atomic E-state index is 11.3. The standard InChI is InChI=1S/C8H17N3O.ClH/c1-5(2)7(9)8(12)11-6-3-10-4-6;/h5-7,10H,3-4,9H2,1-2H3,(H,11,12);1H. The summed E-state index contributed by atoms with van der Waals surface area (Å²) in [7, 11) is 0. The minimum atomic E-state index is -0.370. The molecule has 1 heterocycles. The van der Waals surface area contributed by atoms with E-state index >= 15 is 0 Å². The van der Waals surface area contributed by atoms with Crippen molar-refractivity contribution in [3.63, 3.8) is 0 Å². The van der Waals surface area contributed by atoms with E-state index in [2.05, 4.69) is 10.6 Å². The summed E-state index contributed by atoms with van der Waals surface area (Å²) < 4.78 is 0. The lowest BCUT2D eigenvalue weighted by Gasteiger charge is -2.29. The average Bonchev–Trinajstić information content (AvgIpc) is 1.94. The van der Waals surface area contributed by atoms with E-state index in [0.29, 0.717) is 6.04 Å². The van der Waals surface area contributed by atoms with Crippen LogP contribution in [0.1, 0.15) is 13.8 Å². The zero-order valence-electron chi connectivity index (χ0n) is 8.04. The molecule has 0 aromatic heterocycles. The van der Waals surface area contributed by atoms with E-state index in [4.69, 9.17) is 5.73 Å². The predicted octanol–water partition coefficient (Wildman–Crippen LogP) is -0.520. The van der Waals surface area contributed by atoms with Gasteiger partial charge < -0.3 is 16.4 Å². The molecule has 1 aliphatic heterocycles. The van der Waals surface area contributed by atoms with Crippen molar-refractivity contribution in [1.82, 2.24) is 10.6 Å². The Balaban J connectivity index is 0.00000144. The molecule has 1 unspecified atom stereocenters. The molecule has 0 aromatic rings. The molecule has 5 heteroatoms. The minimum absolute atomic E-state index is 0. The third-order valence-electron chi connectivity index (χ3n) is 2.15. The maximum absolute atomic E-state index is 11.3. The van der Waals surface area contributed by atoms with Crippen molar-refractivity contribution in [1.29, 1.82) is 0 Å². The second-order valence-electron chi connectivity index (χ2n) is 3.63. The molecule has 0 spiro atoms. The molecule has 1 saturated heterocycles. The monoisotopic (exact) mass is 207 g/mol. The first-order valence-electron chi connectivity index (χ1n) is 4.38. The molecule has 78 valence electrons. The Hall–Kier alpha value is -0.320. The average molecular weight is 208 g/mol. The lowest BCUT2D eigenvalue weighted by atomic mass is 10.0. The molecule has 0 aromatic carbocycles. The second kappa shape index (κ2) is 5.42. The van der Waals surface area contributed by atoms with Gasteiger partial charge in [-0.05, 0) is 5.92 Å². The van der Waals surface area contributed by atoms with Gasteiger partial charge in [0.05, 0.1) is 12.1 Å². The van der Waals surface area contributed by atoms with Crippen LogP contribution in [-0.2, 0) is 4.79 Å². The summed E-state index contributed by atoms with van der Waals surface area (Å²) in [4.78, 5) is 11.3. The summed E-state index contributed by atoms with van der Waals surface area (Å²) in [6.07, 6.45) is 0. The molecule has 4 N–H and O–H groups in total. The number of nitrogens with one attached hydrogen (secondary N) is 2. The Bertz CT molecular complexity index is 171. The van der Waals surface area contributed by atoms with Gasteiger partial charge >= 0.3 is 0 Å². The molecule has 0 radical (unpaired) electrons. The summed E-state index contributed by atoms with van der Waals surface area (Å²) in [6.45, 7) is 5.64. The van der Waals surface area contributed by atoms with Crippen LogP contribution in [0, 0.1) is 5.92 Å². The molecular weight excluding hydrogens is 190 g/mol. The van der Waals surface area contributed by atoms with Crippen molar-refractivity contribution in [2.75, 3.05) is 13.1 Å². The van der Waals surface area contributed by atoms with Gasteiger partial charge in [0, 0.05) is 13.1 Å². The molecule has 0 aliphatic carbocycles. The largest absolute Gasteiger partial charge is 0.349 e. The van der Waals surface area contributed by atoms with Crippen molar-refractivity contribution < 1.29 is 4.79 Å². The highest BCUT2D eigenvalue weighted by Crippen LogP contribution is 1.99. The van der Waals surface area contributed by atoms with Crippen molar-refractivity contribution in [3.8, 4) is 0 Å². The fourth-order valence-electron chi connectivity index (χ4n) is 0.991. The molecule has 1 aliphatic rings. The molecule has 1 atom stereocenters. The summed E-state index contributed by atoms with van der Waals surface area (Å²) in [5.41, 5.74) is 5.65. The molecule has 1 rings (SSSR count). The minimum Gasteiger partial charge on any atom is -0.349 e. The fraction of sp³-hybridized carbons (Fsp3) is 0.875. The Kier molecular flexibility index (Phi) is 5.29. The van der Waals surface area contributed by atoms with E-state index in [0.717, 1.165) is 13.1 Å². The van der Waals surface area contributed by atoms with Crippen molar-refractivity contribution >= 4 is 18.3 Å². The van der Waals surface area contributed by atoms with E-state index in [9.17, 15) is 4.79 Å². The lowest BCUT2D eigenvalue weighted by molar-refractivity contribution is -0.124. The van der Waals surface area contributed by atoms with E-state index in [-0.39, 0.29) is 30.3 Å². The number of hydrogen-bond donors (Lipinski definition) is 3. The van der Waals surface area contributed by atoms with Gasteiger partial charge in [0.25, 0.3) is 0 Å². The van der Waals surface area contributed by atoms with E-state index in [1.807, 2.05) is 13.8 Å². The zero-order chi connectivity index (χ0) is 9.14. The topological polar surface area (TPSA) is 67.2 Å².